The molecule has 6 heteroatoms. The van der Waals surface area contributed by atoms with Gasteiger partial charge < -0.3 is 0 Å². The normalized spacial score (nSPS) is 19.3. The van der Waals surface area contributed by atoms with E-state index in [9.17, 15) is 10.1 Å². The van der Waals surface area contributed by atoms with Gasteiger partial charge in [-0.1, -0.05) is 18.9 Å². The maximum Gasteiger partial charge on any atom is 0.214 e. The average molecular weight is 331 g/mol. The molecule has 2 heterocycles. The number of carbonyl (C=O) groups excluding carboxylic acids is 1. The molecule has 0 amide bonds. The van der Waals surface area contributed by atoms with E-state index >= 15 is 0 Å². The van der Waals surface area contributed by atoms with Gasteiger partial charge in [-0.2, -0.15) is 10.4 Å². The zero-order chi connectivity index (χ0) is 17.0. The lowest BCUT2D eigenvalue weighted by atomic mass is 9.90. The van der Waals surface area contributed by atoms with Crippen LogP contribution in [0.3, 0.4) is 0 Å². The summed E-state index contributed by atoms with van der Waals surface area (Å²) in [6.45, 7) is 0. The molecule has 5 rings (SSSR count). The molecule has 1 atom stereocenters. The number of hydrogen-bond acceptors (Lipinski definition) is 5. The van der Waals surface area contributed by atoms with Crippen LogP contribution in [0.15, 0.2) is 18.6 Å². The highest BCUT2D eigenvalue weighted by molar-refractivity contribution is 6.34. The molecule has 0 N–H and O–H groups in total. The van der Waals surface area contributed by atoms with E-state index in [1.807, 2.05) is 17.0 Å². The SMILES string of the molecule is N#CCC(C1CCCC1)n1cc2c(n1)C(=O)C1=CCc3ncnc-2c31. The molecule has 25 heavy (non-hydrogen) atoms. The van der Waals surface area contributed by atoms with Gasteiger partial charge in [-0.05, 0) is 18.8 Å². The largest absolute Gasteiger partial charge is 0.287 e. The lowest BCUT2D eigenvalue weighted by Crippen LogP contribution is -2.18. The van der Waals surface area contributed by atoms with Crippen molar-refractivity contribution in [2.24, 2.45) is 5.92 Å². The topological polar surface area (TPSA) is 84.5 Å². The van der Waals surface area contributed by atoms with Crippen molar-refractivity contribution in [2.45, 2.75) is 44.6 Å². The van der Waals surface area contributed by atoms with Crippen LogP contribution < -0.4 is 0 Å². The van der Waals surface area contributed by atoms with Gasteiger partial charge in [0.1, 0.15) is 12.0 Å². The van der Waals surface area contributed by atoms with Gasteiger partial charge in [0.05, 0.1) is 35.5 Å². The first-order valence-corrected chi connectivity index (χ1v) is 8.83. The second kappa shape index (κ2) is 5.35. The minimum absolute atomic E-state index is 0.0334. The molecule has 0 aromatic carbocycles. The van der Waals surface area contributed by atoms with Crippen LogP contribution in [0.2, 0.25) is 0 Å². The smallest absolute Gasteiger partial charge is 0.214 e. The summed E-state index contributed by atoms with van der Waals surface area (Å²) in [7, 11) is 0. The van der Waals surface area contributed by atoms with Crippen LogP contribution in [0.4, 0.5) is 0 Å². The van der Waals surface area contributed by atoms with E-state index in [1.165, 1.54) is 12.8 Å². The second-order valence-corrected chi connectivity index (χ2v) is 7.04. The third-order valence-corrected chi connectivity index (χ3v) is 5.73. The maximum atomic E-state index is 12.9. The van der Waals surface area contributed by atoms with Crippen LogP contribution in [-0.2, 0) is 6.42 Å². The van der Waals surface area contributed by atoms with Crippen molar-refractivity contribution in [3.8, 4) is 17.3 Å². The number of ketones is 1. The van der Waals surface area contributed by atoms with Gasteiger partial charge in [0.15, 0.2) is 0 Å². The van der Waals surface area contributed by atoms with E-state index in [0.29, 0.717) is 30.0 Å². The van der Waals surface area contributed by atoms with Gasteiger partial charge in [-0.25, -0.2) is 9.97 Å². The summed E-state index contributed by atoms with van der Waals surface area (Å²) in [4.78, 5) is 21.6. The second-order valence-electron chi connectivity index (χ2n) is 7.04. The molecular weight excluding hydrogens is 314 g/mol. The molecule has 124 valence electrons. The summed E-state index contributed by atoms with van der Waals surface area (Å²) in [6, 6.07) is 2.33. The summed E-state index contributed by atoms with van der Waals surface area (Å²) in [5.41, 5.74) is 4.51. The van der Waals surface area contributed by atoms with Crippen molar-refractivity contribution in [1.82, 2.24) is 19.7 Å². The molecule has 3 aliphatic carbocycles. The highest BCUT2D eigenvalue weighted by atomic mass is 16.1. The molecule has 1 saturated carbocycles. The van der Waals surface area contributed by atoms with Gasteiger partial charge in [0, 0.05) is 23.8 Å². The van der Waals surface area contributed by atoms with E-state index in [4.69, 9.17) is 0 Å². The third-order valence-electron chi connectivity index (χ3n) is 5.73. The summed E-state index contributed by atoms with van der Waals surface area (Å²) < 4.78 is 1.86. The van der Waals surface area contributed by atoms with Crippen molar-refractivity contribution in [1.29, 1.82) is 5.26 Å². The monoisotopic (exact) mass is 331 g/mol. The first-order chi connectivity index (χ1) is 12.3. The zero-order valence-electron chi connectivity index (χ0n) is 13.8. The Labute approximate surface area is 145 Å². The molecule has 0 bridgehead atoms. The number of carbonyl (C=O) groups is 1. The molecule has 0 spiro atoms. The van der Waals surface area contributed by atoms with Crippen molar-refractivity contribution < 1.29 is 4.79 Å². The zero-order valence-corrected chi connectivity index (χ0v) is 13.8. The predicted octanol–water partition coefficient (Wildman–Crippen LogP) is 3.12. The summed E-state index contributed by atoms with van der Waals surface area (Å²) in [5.74, 6) is 0.413. The minimum Gasteiger partial charge on any atom is -0.287 e. The van der Waals surface area contributed by atoms with E-state index in [2.05, 4.69) is 21.1 Å². The number of allylic oxidation sites excluding steroid dienone is 2. The fourth-order valence-corrected chi connectivity index (χ4v) is 4.51. The van der Waals surface area contributed by atoms with Crippen LogP contribution in [0.25, 0.3) is 16.8 Å². The van der Waals surface area contributed by atoms with Crippen molar-refractivity contribution in [3.05, 3.63) is 35.6 Å². The van der Waals surface area contributed by atoms with E-state index in [-0.39, 0.29) is 11.8 Å². The Morgan fingerprint density at radius 1 is 1.28 bits per heavy atom. The molecule has 3 aliphatic rings. The van der Waals surface area contributed by atoms with Crippen molar-refractivity contribution >= 4 is 11.4 Å². The van der Waals surface area contributed by atoms with Crippen LogP contribution in [-0.4, -0.2) is 25.5 Å². The van der Waals surface area contributed by atoms with Crippen molar-refractivity contribution in [2.75, 3.05) is 0 Å². The number of fused-ring (bicyclic) bond motifs is 2. The summed E-state index contributed by atoms with van der Waals surface area (Å²) >= 11 is 0. The fourth-order valence-electron chi connectivity index (χ4n) is 4.51. The Hall–Kier alpha value is -2.81. The van der Waals surface area contributed by atoms with Gasteiger partial charge in [-0.15, -0.1) is 0 Å². The Morgan fingerprint density at radius 3 is 2.92 bits per heavy atom. The third kappa shape index (κ3) is 2.02. The molecule has 1 fully saturated rings. The van der Waals surface area contributed by atoms with Gasteiger partial charge >= 0.3 is 0 Å². The molecule has 6 nitrogen and oxygen atoms in total. The van der Waals surface area contributed by atoms with Crippen LogP contribution in [0.5, 0.6) is 0 Å². The number of aromatic nitrogens is 4. The average Bonchev–Trinajstić information content (AvgIpc) is 3.37. The fraction of sp³-hybridized carbons (Fsp3) is 0.421. The molecular formula is C19H17N5O. The molecule has 2 aromatic heterocycles. The molecule has 1 unspecified atom stereocenters. The Morgan fingerprint density at radius 2 is 2.12 bits per heavy atom. The quantitative estimate of drug-likeness (QED) is 0.862. The highest BCUT2D eigenvalue weighted by Gasteiger charge is 2.37. The van der Waals surface area contributed by atoms with Crippen LogP contribution >= 0.6 is 0 Å². The van der Waals surface area contributed by atoms with E-state index < -0.39 is 0 Å². The Kier molecular flexibility index (Phi) is 3.11. The summed E-state index contributed by atoms with van der Waals surface area (Å²) in [5, 5.41) is 13.9. The Balaban J connectivity index is 1.65. The number of nitriles is 1. The standard InChI is InChI=1S/C19H17N5O/c20-8-7-15(11-3-1-2-4-11)24-9-13-17-16-12(19(25)18(13)23-24)5-6-14(16)21-10-22-17/h5,9-11,15H,1-4,6-7H2. The number of Topliss-reactive ketones (excluding diaryl/α,β-unsaturated/α-hetero) is 1. The van der Waals surface area contributed by atoms with Crippen LogP contribution in [0, 0.1) is 17.2 Å². The summed E-state index contributed by atoms with van der Waals surface area (Å²) in [6.07, 6.45) is 11.2. The number of nitrogens with zero attached hydrogens (tertiary/aromatic N) is 5. The number of rotatable bonds is 3. The lowest BCUT2D eigenvalue weighted by Gasteiger charge is -2.21. The molecule has 0 radical (unpaired) electrons. The van der Waals surface area contributed by atoms with Gasteiger partial charge in [0.25, 0.3) is 0 Å². The van der Waals surface area contributed by atoms with E-state index in [1.54, 1.807) is 6.33 Å². The molecule has 0 saturated heterocycles. The van der Waals surface area contributed by atoms with Gasteiger partial charge in [-0.3, -0.25) is 9.48 Å². The first-order valence-electron chi connectivity index (χ1n) is 8.83. The van der Waals surface area contributed by atoms with Gasteiger partial charge in [0.2, 0.25) is 5.78 Å². The van der Waals surface area contributed by atoms with Crippen LogP contribution in [0.1, 0.15) is 59.9 Å². The lowest BCUT2D eigenvalue weighted by molar-refractivity contribution is 0.105. The predicted molar refractivity (Wildman–Crippen MR) is 90.5 cm³/mol. The van der Waals surface area contributed by atoms with E-state index in [0.717, 1.165) is 35.4 Å². The number of hydrogen-bond donors (Lipinski definition) is 0. The minimum atomic E-state index is -0.0445. The molecule has 0 aliphatic heterocycles. The highest BCUT2D eigenvalue weighted by Crippen LogP contribution is 2.43. The molecule has 2 aromatic rings. The first kappa shape index (κ1) is 14.5. The van der Waals surface area contributed by atoms with Crippen molar-refractivity contribution in [3.63, 3.8) is 0 Å². The maximum absolute atomic E-state index is 12.9. The Bertz CT molecular complexity index is 959.